The van der Waals surface area contributed by atoms with Gasteiger partial charge in [0.15, 0.2) is 0 Å². The van der Waals surface area contributed by atoms with Gasteiger partial charge in [0.2, 0.25) is 5.91 Å². The van der Waals surface area contributed by atoms with E-state index in [-0.39, 0.29) is 11.9 Å². The van der Waals surface area contributed by atoms with Crippen LogP contribution in [0, 0.1) is 0 Å². The third-order valence-electron chi connectivity index (χ3n) is 3.48. The molecule has 0 aliphatic carbocycles. The van der Waals surface area contributed by atoms with E-state index in [9.17, 15) is 4.79 Å². The standard InChI is InChI=1S/C12H25N3O/c1-5-14(6-2)12(16)11(4)15-8-7-13-9-10(15)3/h10-11,13H,5-9H2,1-4H3/t10-,11?/m0/s1. The smallest absolute Gasteiger partial charge is 0.239 e. The van der Waals surface area contributed by atoms with E-state index in [0.29, 0.717) is 6.04 Å². The topological polar surface area (TPSA) is 35.6 Å². The lowest BCUT2D eigenvalue weighted by Gasteiger charge is -2.39. The van der Waals surface area contributed by atoms with Crippen molar-refractivity contribution in [1.82, 2.24) is 15.1 Å². The Labute approximate surface area is 99.0 Å². The van der Waals surface area contributed by atoms with Crippen LogP contribution in [0.25, 0.3) is 0 Å². The van der Waals surface area contributed by atoms with Gasteiger partial charge in [-0.05, 0) is 27.7 Å². The molecule has 4 heteroatoms. The van der Waals surface area contributed by atoms with Crippen molar-refractivity contribution >= 4 is 5.91 Å². The molecule has 1 fully saturated rings. The highest BCUT2D eigenvalue weighted by Crippen LogP contribution is 2.10. The minimum atomic E-state index is 0.0111. The van der Waals surface area contributed by atoms with Gasteiger partial charge in [0.1, 0.15) is 0 Å². The molecule has 1 unspecified atom stereocenters. The summed E-state index contributed by atoms with van der Waals surface area (Å²) in [7, 11) is 0. The Morgan fingerprint density at radius 2 is 2.12 bits per heavy atom. The summed E-state index contributed by atoms with van der Waals surface area (Å²) in [5, 5.41) is 3.35. The van der Waals surface area contributed by atoms with Gasteiger partial charge in [-0.15, -0.1) is 0 Å². The molecule has 0 radical (unpaired) electrons. The number of carbonyl (C=O) groups is 1. The molecule has 1 rings (SSSR count). The van der Waals surface area contributed by atoms with Crippen molar-refractivity contribution in [3.05, 3.63) is 0 Å². The largest absolute Gasteiger partial charge is 0.342 e. The minimum absolute atomic E-state index is 0.0111. The lowest BCUT2D eigenvalue weighted by molar-refractivity contribution is -0.137. The highest BCUT2D eigenvalue weighted by Gasteiger charge is 2.29. The van der Waals surface area contributed by atoms with E-state index in [1.165, 1.54) is 0 Å². The van der Waals surface area contributed by atoms with Gasteiger partial charge in [0.05, 0.1) is 6.04 Å². The number of rotatable bonds is 4. The van der Waals surface area contributed by atoms with Crippen LogP contribution in [0.5, 0.6) is 0 Å². The molecule has 1 amide bonds. The van der Waals surface area contributed by atoms with Gasteiger partial charge >= 0.3 is 0 Å². The highest BCUT2D eigenvalue weighted by atomic mass is 16.2. The van der Waals surface area contributed by atoms with E-state index >= 15 is 0 Å². The van der Waals surface area contributed by atoms with Crippen molar-refractivity contribution in [1.29, 1.82) is 0 Å². The molecule has 94 valence electrons. The van der Waals surface area contributed by atoms with Crippen LogP contribution in [0.3, 0.4) is 0 Å². The Morgan fingerprint density at radius 1 is 1.50 bits per heavy atom. The highest BCUT2D eigenvalue weighted by molar-refractivity contribution is 5.81. The molecule has 16 heavy (non-hydrogen) atoms. The normalized spacial score (nSPS) is 24.1. The fourth-order valence-electron chi connectivity index (χ4n) is 2.37. The molecule has 0 saturated carbocycles. The quantitative estimate of drug-likeness (QED) is 0.761. The second-order valence-corrected chi connectivity index (χ2v) is 4.48. The van der Waals surface area contributed by atoms with Crippen LogP contribution in [0.2, 0.25) is 0 Å². The predicted octanol–water partition coefficient (Wildman–Crippen LogP) is 0.537. The maximum atomic E-state index is 12.2. The summed E-state index contributed by atoms with van der Waals surface area (Å²) in [6.45, 7) is 12.8. The number of likely N-dealkylation sites (N-methyl/N-ethyl adjacent to an activating group) is 1. The molecule has 2 atom stereocenters. The van der Waals surface area contributed by atoms with Gasteiger partial charge in [-0.25, -0.2) is 0 Å². The summed E-state index contributed by atoms with van der Waals surface area (Å²) < 4.78 is 0. The molecule has 1 heterocycles. The molecule has 1 aliphatic rings. The third-order valence-corrected chi connectivity index (χ3v) is 3.48. The second-order valence-electron chi connectivity index (χ2n) is 4.48. The molecular weight excluding hydrogens is 202 g/mol. The third kappa shape index (κ3) is 2.95. The van der Waals surface area contributed by atoms with E-state index in [1.54, 1.807) is 0 Å². The van der Waals surface area contributed by atoms with Crippen molar-refractivity contribution in [3.8, 4) is 0 Å². The summed E-state index contributed by atoms with van der Waals surface area (Å²) in [4.78, 5) is 16.4. The average Bonchev–Trinajstić information content (AvgIpc) is 2.30. The minimum Gasteiger partial charge on any atom is -0.342 e. The molecule has 0 aromatic carbocycles. The first kappa shape index (κ1) is 13.5. The molecule has 1 aliphatic heterocycles. The first-order chi connectivity index (χ1) is 7.61. The molecule has 4 nitrogen and oxygen atoms in total. The molecular formula is C12H25N3O. The molecule has 0 aromatic heterocycles. The van der Waals surface area contributed by atoms with Crippen molar-refractivity contribution in [3.63, 3.8) is 0 Å². The maximum Gasteiger partial charge on any atom is 0.239 e. The van der Waals surface area contributed by atoms with Crippen LogP contribution in [0.15, 0.2) is 0 Å². The van der Waals surface area contributed by atoms with Gasteiger partial charge in [0.25, 0.3) is 0 Å². The van der Waals surface area contributed by atoms with Gasteiger partial charge in [0, 0.05) is 38.8 Å². The van der Waals surface area contributed by atoms with Crippen LogP contribution in [-0.2, 0) is 4.79 Å². The zero-order valence-corrected chi connectivity index (χ0v) is 11.0. The van der Waals surface area contributed by atoms with Crippen LogP contribution in [0.1, 0.15) is 27.7 Å². The zero-order valence-electron chi connectivity index (χ0n) is 11.0. The summed E-state index contributed by atoms with van der Waals surface area (Å²) in [6.07, 6.45) is 0. The fourth-order valence-corrected chi connectivity index (χ4v) is 2.37. The first-order valence-electron chi connectivity index (χ1n) is 6.37. The Balaban J connectivity index is 2.60. The predicted molar refractivity (Wildman–Crippen MR) is 66.4 cm³/mol. The molecule has 0 spiro atoms. The monoisotopic (exact) mass is 227 g/mol. The Morgan fingerprint density at radius 3 is 2.62 bits per heavy atom. The molecule has 1 N–H and O–H groups in total. The van der Waals surface area contributed by atoms with Gasteiger partial charge in [-0.1, -0.05) is 0 Å². The number of nitrogens with one attached hydrogen (secondary N) is 1. The van der Waals surface area contributed by atoms with Gasteiger partial charge in [-0.3, -0.25) is 9.69 Å². The van der Waals surface area contributed by atoms with E-state index in [4.69, 9.17) is 0 Å². The SMILES string of the molecule is CCN(CC)C(=O)C(C)N1CCNC[C@@H]1C. The van der Waals surface area contributed by atoms with Crippen molar-refractivity contribution in [2.24, 2.45) is 0 Å². The van der Waals surface area contributed by atoms with E-state index in [0.717, 1.165) is 32.7 Å². The van der Waals surface area contributed by atoms with E-state index in [1.807, 2.05) is 25.7 Å². The van der Waals surface area contributed by atoms with Crippen LogP contribution in [0.4, 0.5) is 0 Å². The number of nitrogens with zero attached hydrogens (tertiary/aromatic N) is 2. The average molecular weight is 227 g/mol. The second kappa shape index (κ2) is 6.21. The number of amides is 1. The van der Waals surface area contributed by atoms with Crippen molar-refractivity contribution in [2.45, 2.75) is 39.8 Å². The van der Waals surface area contributed by atoms with Crippen molar-refractivity contribution < 1.29 is 4.79 Å². The Hall–Kier alpha value is -0.610. The summed E-state index contributed by atoms with van der Waals surface area (Å²) in [5.41, 5.74) is 0. The number of hydrogen-bond acceptors (Lipinski definition) is 3. The molecule has 1 saturated heterocycles. The Kier molecular flexibility index (Phi) is 5.22. The van der Waals surface area contributed by atoms with Gasteiger partial charge < -0.3 is 10.2 Å². The zero-order chi connectivity index (χ0) is 12.1. The van der Waals surface area contributed by atoms with Gasteiger partial charge in [-0.2, -0.15) is 0 Å². The summed E-state index contributed by atoms with van der Waals surface area (Å²) in [6, 6.07) is 0.459. The van der Waals surface area contributed by atoms with E-state index in [2.05, 4.69) is 17.1 Å². The lowest BCUT2D eigenvalue weighted by atomic mass is 10.1. The molecule has 0 bridgehead atoms. The lowest BCUT2D eigenvalue weighted by Crippen LogP contribution is -2.57. The summed E-state index contributed by atoms with van der Waals surface area (Å²) in [5.74, 6) is 0.263. The van der Waals surface area contributed by atoms with E-state index < -0.39 is 0 Å². The Bertz CT molecular complexity index is 228. The molecule has 0 aromatic rings. The fraction of sp³-hybridized carbons (Fsp3) is 0.917. The summed E-state index contributed by atoms with van der Waals surface area (Å²) >= 11 is 0. The maximum absolute atomic E-state index is 12.2. The number of hydrogen-bond donors (Lipinski definition) is 1. The number of carbonyl (C=O) groups excluding carboxylic acids is 1. The van der Waals surface area contributed by atoms with Crippen LogP contribution in [-0.4, -0.2) is 60.5 Å². The number of piperazine rings is 1. The first-order valence-corrected chi connectivity index (χ1v) is 6.37. The van der Waals surface area contributed by atoms with Crippen LogP contribution < -0.4 is 5.32 Å². The van der Waals surface area contributed by atoms with Crippen molar-refractivity contribution in [2.75, 3.05) is 32.7 Å². The van der Waals surface area contributed by atoms with Crippen LogP contribution >= 0.6 is 0 Å².